The molecule has 0 fully saturated rings. The molecule has 6 nitrogen and oxygen atoms in total. The number of amides is 1. The number of nitrogens with one attached hydrogen (secondary N) is 1. The minimum atomic E-state index is -1.20. The summed E-state index contributed by atoms with van der Waals surface area (Å²) in [5.41, 5.74) is 0.304. The summed E-state index contributed by atoms with van der Waals surface area (Å²) in [7, 11) is 1.44. The maximum absolute atomic E-state index is 10.7. The highest BCUT2D eigenvalue weighted by Gasteiger charge is 2.22. The number of ether oxygens (including phenoxy) is 1. The fourth-order valence-electron chi connectivity index (χ4n) is 1.71. The average molecular weight is 269 g/mol. The van der Waals surface area contributed by atoms with Crippen molar-refractivity contribution in [2.45, 2.75) is 25.6 Å². The van der Waals surface area contributed by atoms with Gasteiger partial charge in [-0.2, -0.15) is 0 Å². The van der Waals surface area contributed by atoms with E-state index in [1.807, 2.05) is 0 Å². The fourth-order valence-corrected chi connectivity index (χ4v) is 1.71. The van der Waals surface area contributed by atoms with Crippen LogP contribution in [0.3, 0.4) is 0 Å². The van der Waals surface area contributed by atoms with E-state index in [2.05, 4.69) is 5.32 Å². The second kappa shape index (κ2) is 6.96. The molecule has 1 amide bonds. The van der Waals surface area contributed by atoms with Crippen LogP contribution in [0.1, 0.15) is 25.0 Å². The number of rotatable bonds is 6. The molecule has 0 aliphatic carbocycles. The molecule has 1 aromatic carbocycles. The van der Waals surface area contributed by atoms with Gasteiger partial charge in [0.05, 0.1) is 13.2 Å². The molecule has 106 valence electrons. The van der Waals surface area contributed by atoms with E-state index in [0.29, 0.717) is 11.3 Å². The largest absolute Gasteiger partial charge is 0.508 e. The molecule has 0 aromatic heterocycles. The van der Waals surface area contributed by atoms with Gasteiger partial charge in [0.25, 0.3) is 0 Å². The number of methoxy groups -OCH3 is 1. The van der Waals surface area contributed by atoms with Crippen LogP contribution in [0.2, 0.25) is 0 Å². The maximum atomic E-state index is 10.7. The Labute approximate surface area is 111 Å². The SMILES string of the molecule is COc1ccc(O)cc1C(O)C(O)CCNC(C)=O. The predicted octanol–water partition coefficient (Wildman–Crippen LogP) is 0.321. The van der Waals surface area contributed by atoms with Crippen molar-refractivity contribution in [1.82, 2.24) is 5.32 Å². The molecule has 0 aliphatic rings. The Morgan fingerprint density at radius 3 is 2.68 bits per heavy atom. The van der Waals surface area contributed by atoms with Crippen molar-refractivity contribution in [2.24, 2.45) is 0 Å². The zero-order valence-electron chi connectivity index (χ0n) is 11.0. The Morgan fingerprint density at radius 2 is 2.11 bits per heavy atom. The first kappa shape index (κ1) is 15.3. The second-order valence-electron chi connectivity index (χ2n) is 4.21. The highest BCUT2D eigenvalue weighted by Crippen LogP contribution is 2.31. The molecule has 0 heterocycles. The van der Waals surface area contributed by atoms with E-state index in [4.69, 9.17) is 4.74 Å². The van der Waals surface area contributed by atoms with E-state index in [-0.39, 0.29) is 24.6 Å². The van der Waals surface area contributed by atoms with Gasteiger partial charge in [0.1, 0.15) is 17.6 Å². The van der Waals surface area contributed by atoms with Crippen LogP contribution in [0.5, 0.6) is 11.5 Å². The molecule has 0 radical (unpaired) electrons. The van der Waals surface area contributed by atoms with Crippen molar-refractivity contribution in [3.8, 4) is 11.5 Å². The first-order valence-electron chi connectivity index (χ1n) is 5.93. The molecule has 19 heavy (non-hydrogen) atoms. The molecule has 2 unspecified atom stereocenters. The molecule has 0 saturated heterocycles. The molecular weight excluding hydrogens is 250 g/mol. The molecule has 2 atom stereocenters. The summed E-state index contributed by atoms with van der Waals surface area (Å²) in [6.45, 7) is 1.63. The van der Waals surface area contributed by atoms with Crippen molar-refractivity contribution in [2.75, 3.05) is 13.7 Å². The molecule has 1 aromatic rings. The van der Waals surface area contributed by atoms with Crippen LogP contribution in [-0.2, 0) is 4.79 Å². The molecule has 6 heteroatoms. The van der Waals surface area contributed by atoms with E-state index in [1.54, 1.807) is 0 Å². The highest BCUT2D eigenvalue weighted by atomic mass is 16.5. The summed E-state index contributed by atoms with van der Waals surface area (Å²) >= 11 is 0. The normalized spacial score (nSPS) is 13.7. The fraction of sp³-hybridized carbons (Fsp3) is 0.462. The first-order valence-corrected chi connectivity index (χ1v) is 5.93. The number of hydrogen-bond donors (Lipinski definition) is 4. The van der Waals surface area contributed by atoms with Crippen LogP contribution in [0, 0.1) is 0 Å². The van der Waals surface area contributed by atoms with E-state index < -0.39 is 12.2 Å². The number of phenolic OH excluding ortho intramolecular Hbond substituents is 1. The van der Waals surface area contributed by atoms with E-state index in [1.165, 1.54) is 32.2 Å². The highest BCUT2D eigenvalue weighted by molar-refractivity contribution is 5.72. The summed E-state index contributed by atoms with van der Waals surface area (Å²) in [5, 5.41) is 31.8. The van der Waals surface area contributed by atoms with E-state index in [9.17, 15) is 20.1 Å². The number of carbonyl (C=O) groups is 1. The van der Waals surface area contributed by atoms with Gasteiger partial charge >= 0.3 is 0 Å². The third-order valence-electron chi connectivity index (χ3n) is 2.71. The standard InChI is InChI=1S/C13H19NO5/c1-8(15)14-6-5-11(17)13(18)10-7-9(16)3-4-12(10)19-2/h3-4,7,11,13,16-18H,5-6H2,1-2H3,(H,14,15). The van der Waals surface area contributed by atoms with Gasteiger partial charge in [0.2, 0.25) is 5.91 Å². The Hall–Kier alpha value is -1.79. The smallest absolute Gasteiger partial charge is 0.216 e. The minimum Gasteiger partial charge on any atom is -0.508 e. The lowest BCUT2D eigenvalue weighted by Gasteiger charge is -2.20. The third-order valence-corrected chi connectivity index (χ3v) is 2.71. The molecule has 0 spiro atoms. The van der Waals surface area contributed by atoms with Crippen molar-refractivity contribution < 1.29 is 24.9 Å². The van der Waals surface area contributed by atoms with Crippen molar-refractivity contribution in [1.29, 1.82) is 0 Å². The number of aliphatic hydroxyl groups excluding tert-OH is 2. The van der Waals surface area contributed by atoms with Gasteiger partial charge in [-0.15, -0.1) is 0 Å². The Balaban J connectivity index is 2.72. The van der Waals surface area contributed by atoms with Crippen molar-refractivity contribution >= 4 is 5.91 Å². The second-order valence-corrected chi connectivity index (χ2v) is 4.21. The number of aliphatic hydroxyl groups is 2. The van der Waals surface area contributed by atoms with Crippen molar-refractivity contribution in [3.05, 3.63) is 23.8 Å². The monoisotopic (exact) mass is 269 g/mol. The first-order chi connectivity index (χ1) is 8.95. The molecule has 0 saturated carbocycles. The van der Waals surface area contributed by atoms with E-state index >= 15 is 0 Å². The van der Waals surface area contributed by atoms with Gasteiger partial charge in [-0.3, -0.25) is 4.79 Å². The summed E-state index contributed by atoms with van der Waals surface area (Å²) in [6.07, 6.45) is -2.07. The quantitative estimate of drug-likeness (QED) is 0.596. The predicted molar refractivity (Wildman–Crippen MR) is 68.9 cm³/mol. The summed E-state index contributed by atoms with van der Waals surface area (Å²) < 4.78 is 5.06. The van der Waals surface area contributed by atoms with Gasteiger partial charge in [-0.1, -0.05) is 0 Å². The van der Waals surface area contributed by atoms with Crippen LogP contribution in [0.25, 0.3) is 0 Å². The molecule has 1 rings (SSSR count). The maximum Gasteiger partial charge on any atom is 0.216 e. The van der Waals surface area contributed by atoms with Gasteiger partial charge < -0.3 is 25.4 Å². The lowest BCUT2D eigenvalue weighted by molar-refractivity contribution is -0.119. The number of phenols is 1. The van der Waals surface area contributed by atoms with Crippen LogP contribution in [0.15, 0.2) is 18.2 Å². The number of aromatic hydroxyl groups is 1. The Kier molecular flexibility index (Phi) is 5.59. The van der Waals surface area contributed by atoms with E-state index in [0.717, 1.165) is 0 Å². The van der Waals surface area contributed by atoms with Gasteiger partial charge in [0.15, 0.2) is 0 Å². The van der Waals surface area contributed by atoms with Crippen LogP contribution in [-0.4, -0.2) is 41.0 Å². The minimum absolute atomic E-state index is 0.0242. The van der Waals surface area contributed by atoms with Crippen LogP contribution >= 0.6 is 0 Å². The molecule has 0 aliphatic heterocycles. The molecule has 0 bridgehead atoms. The zero-order valence-corrected chi connectivity index (χ0v) is 11.0. The number of carbonyl (C=O) groups excluding carboxylic acids is 1. The number of benzene rings is 1. The van der Waals surface area contributed by atoms with Crippen molar-refractivity contribution in [3.63, 3.8) is 0 Å². The molecule has 4 N–H and O–H groups in total. The Morgan fingerprint density at radius 1 is 1.42 bits per heavy atom. The summed E-state index contributed by atoms with van der Waals surface area (Å²) in [4.78, 5) is 10.7. The lowest BCUT2D eigenvalue weighted by atomic mass is 10.0. The zero-order chi connectivity index (χ0) is 14.4. The lowest BCUT2D eigenvalue weighted by Crippen LogP contribution is -2.27. The summed E-state index contributed by atoms with van der Waals surface area (Å²) in [6, 6.07) is 4.28. The summed E-state index contributed by atoms with van der Waals surface area (Å²) in [5.74, 6) is 0.157. The van der Waals surface area contributed by atoms with Gasteiger partial charge in [0, 0.05) is 19.0 Å². The number of hydrogen-bond acceptors (Lipinski definition) is 5. The third kappa shape index (κ3) is 4.42. The average Bonchev–Trinajstić information content (AvgIpc) is 2.37. The molecular formula is C13H19NO5. The van der Waals surface area contributed by atoms with Crippen LogP contribution < -0.4 is 10.1 Å². The van der Waals surface area contributed by atoms with Crippen LogP contribution in [0.4, 0.5) is 0 Å². The van der Waals surface area contributed by atoms with Gasteiger partial charge in [-0.25, -0.2) is 0 Å². The van der Waals surface area contributed by atoms with Gasteiger partial charge in [-0.05, 0) is 24.6 Å². The Bertz CT molecular complexity index is 435. The topological polar surface area (TPSA) is 99.0 Å².